The van der Waals surface area contributed by atoms with Gasteiger partial charge in [-0.1, -0.05) is 15.9 Å². The second-order valence-corrected chi connectivity index (χ2v) is 5.07. The van der Waals surface area contributed by atoms with E-state index in [-0.39, 0.29) is 0 Å². The van der Waals surface area contributed by atoms with E-state index < -0.39 is 0 Å². The van der Waals surface area contributed by atoms with Crippen LogP contribution >= 0.6 is 15.9 Å². The molecule has 2 nitrogen and oxygen atoms in total. The molecule has 1 aliphatic heterocycles. The second kappa shape index (κ2) is 1.96. The average Bonchev–Trinajstić information content (AvgIpc) is 2.56. The summed E-state index contributed by atoms with van der Waals surface area (Å²) >= 11 is 3.74. The fraction of sp³-hybridized carbons (Fsp3) is 1.00. The van der Waals surface area contributed by atoms with E-state index in [0.717, 1.165) is 19.6 Å². The van der Waals surface area contributed by atoms with Crippen molar-refractivity contribution in [2.24, 2.45) is 11.1 Å². The van der Waals surface area contributed by atoms with Gasteiger partial charge >= 0.3 is 0 Å². The molecule has 1 heterocycles. The van der Waals surface area contributed by atoms with E-state index >= 15 is 0 Å². The van der Waals surface area contributed by atoms with E-state index in [1.54, 1.807) is 0 Å². The van der Waals surface area contributed by atoms with Crippen LogP contribution in [0.2, 0.25) is 0 Å². The van der Waals surface area contributed by atoms with Gasteiger partial charge in [-0.25, -0.2) is 0 Å². The van der Waals surface area contributed by atoms with E-state index in [1.165, 1.54) is 12.8 Å². The van der Waals surface area contributed by atoms with Gasteiger partial charge in [0.2, 0.25) is 0 Å². The molecular formula is C7H13BrN2. The van der Waals surface area contributed by atoms with Crippen LogP contribution in [0.15, 0.2) is 0 Å². The molecule has 0 amide bonds. The van der Waals surface area contributed by atoms with E-state index in [0.29, 0.717) is 9.74 Å². The Hall–Kier alpha value is 0.400. The minimum absolute atomic E-state index is 0.368. The average molecular weight is 205 g/mol. The molecule has 0 aromatic carbocycles. The van der Waals surface area contributed by atoms with Gasteiger partial charge in [-0.15, -0.1) is 0 Å². The fourth-order valence-electron chi connectivity index (χ4n) is 2.03. The van der Waals surface area contributed by atoms with Gasteiger partial charge in [0.05, 0.1) is 0 Å². The molecule has 1 saturated heterocycles. The number of piperidine rings is 1. The highest BCUT2D eigenvalue weighted by Crippen LogP contribution is 2.64. The first-order chi connectivity index (χ1) is 4.72. The Labute approximate surface area is 69.7 Å². The van der Waals surface area contributed by atoms with Crippen LogP contribution in [0.4, 0.5) is 0 Å². The standard InChI is InChI=1S/C7H13BrN2/c8-7-3-6(7,4-9)1-2-10-5-7/h10H,1-5,9H2/t6-,7+/m0/s1. The summed E-state index contributed by atoms with van der Waals surface area (Å²) in [6.07, 6.45) is 2.51. The van der Waals surface area contributed by atoms with E-state index in [4.69, 9.17) is 5.73 Å². The normalized spacial score (nSPS) is 52.2. The van der Waals surface area contributed by atoms with Crippen molar-refractivity contribution in [1.82, 2.24) is 5.32 Å². The van der Waals surface area contributed by atoms with Gasteiger partial charge in [0.25, 0.3) is 0 Å². The van der Waals surface area contributed by atoms with Crippen LogP contribution in [0.1, 0.15) is 12.8 Å². The molecule has 1 saturated carbocycles. The van der Waals surface area contributed by atoms with Gasteiger partial charge in [-0.3, -0.25) is 0 Å². The maximum absolute atomic E-state index is 5.71. The zero-order chi connectivity index (χ0) is 7.24. The molecule has 10 heavy (non-hydrogen) atoms. The Kier molecular flexibility index (Phi) is 1.39. The summed E-state index contributed by atoms with van der Waals surface area (Å²) in [5.74, 6) is 0. The highest BCUT2D eigenvalue weighted by molar-refractivity contribution is 9.10. The first-order valence-electron chi connectivity index (χ1n) is 3.82. The summed E-state index contributed by atoms with van der Waals surface area (Å²) in [5, 5.41) is 3.37. The van der Waals surface area contributed by atoms with Crippen LogP contribution in [0.3, 0.4) is 0 Å². The zero-order valence-electron chi connectivity index (χ0n) is 5.99. The zero-order valence-corrected chi connectivity index (χ0v) is 7.58. The molecule has 0 unspecified atom stereocenters. The number of alkyl halides is 1. The molecule has 3 heteroatoms. The molecule has 58 valence electrons. The van der Waals surface area contributed by atoms with E-state index in [2.05, 4.69) is 21.2 Å². The number of hydrogen-bond donors (Lipinski definition) is 2. The second-order valence-electron chi connectivity index (χ2n) is 3.55. The van der Waals surface area contributed by atoms with Crippen molar-refractivity contribution >= 4 is 15.9 Å². The Morgan fingerprint density at radius 1 is 1.60 bits per heavy atom. The minimum atomic E-state index is 0.368. The number of fused-ring (bicyclic) bond motifs is 1. The maximum Gasteiger partial charge on any atom is 0.0457 e. The van der Waals surface area contributed by atoms with E-state index in [1.807, 2.05) is 0 Å². The predicted molar refractivity (Wildman–Crippen MR) is 45.2 cm³/mol. The summed E-state index contributed by atoms with van der Waals surface area (Å²) in [7, 11) is 0. The molecule has 0 radical (unpaired) electrons. The molecule has 0 aromatic rings. The van der Waals surface area contributed by atoms with Crippen LogP contribution in [-0.4, -0.2) is 24.0 Å². The van der Waals surface area contributed by atoms with Crippen LogP contribution in [0, 0.1) is 5.41 Å². The Morgan fingerprint density at radius 3 is 2.90 bits per heavy atom. The van der Waals surface area contributed by atoms with Crippen molar-refractivity contribution in [1.29, 1.82) is 0 Å². The lowest BCUT2D eigenvalue weighted by atomic mass is 9.97. The van der Waals surface area contributed by atoms with Crippen molar-refractivity contribution in [3.8, 4) is 0 Å². The summed E-state index contributed by atoms with van der Waals surface area (Å²) < 4.78 is 0.368. The number of rotatable bonds is 1. The van der Waals surface area contributed by atoms with Crippen LogP contribution < -0.4 is 11.1 Å². The predicted octanol–water partition coefficient (Wildman–Crippen LogP) is 0.462. The lowest BCUT2D eigenvalue weighted by Gasteiger charge is -2.25. The van der Waals surface area contributed by atoms with Crippen molar-refractivity contribution in [2.75, 3.05) is 19.6 Å². The third-order valence-electron chi connectivity index (χ3n) is 3.02. The van der Waals surface area contributed by atoms with E-state index in [9.17, 15) is 0 Å². The molecular weight excluding hydrogens is 192 g/mol. The van der Waals surface area contributed by atoms with Crippen molar-refractivity contribution in [2.45, 2.75) is 17.2 Å². The molecule has 0 aromatic heterocycles. The lowest BCUT2D eigenvalue weighted by Crippen LogP contribution is -2.40. The molecule has 0 bridgehead atoms. The summed E-state index contributed by atoms with van der Waals surface area (Å²) in [5.41, 5.74) is 6.16. The monoisotopic (exact) mass is 204 g/mol. The molecule has 1 aliphatic carbocycles. The Morgan fingerprint density at radius 2 is 2.40 bits per heavy atom. The molecule has 2 atom stereocenters. The summed E-state index contributed by atoms with van der Waals surface area (Å²) in [4.78, 5) is 0. The van der Waals surface area contributed by atoms with Crippen LogP contribution in [-0.2, 0) is 0 Å². The van der Waals surface area contributed by atoms with Crippen LogP contribution in [0.25, 0.3) is 0 Å². The fourth-order valence-corrected chi connectivity index (χ4v) is 3.12. The number of nitrogens with two attached hydrogens (primary N) is 1. The molecule has 0 spiro atoms. The smallest absolute Gasteiger partial charge is 0.0457 e. The topological polar surface area (TPSA) is 38.0 Å². The number of hydrogen-bond acceptors (Lipinski definition) is 2. The molecule has 2 fully saturated rings. The summed E-state index contributed by atoms with van der Waals surface area (Å²) in [6.45, 7) is 3.09. The molecule has 2 aliphatic rings. The van der Waals surface area contributed by atoms with Gasteiger partial charge in [-0.05, 0) is 25.9 Å². The third kappa shape index (κ3) is 0.713. The van der Waals surface area contributed by atoms with Gasteiger partial charge in [0.1, 0.15) is 0 Å². The lowest BCUT2D eigenvalue weighted by molar-refractivity contribution is 0.382. The maximum atomic E-state index is 5.71. The quantitative estimate of drug-likeness (QED) is 0.610. The Balaban J connectivity index is 2.13. The summed E-state index contributed by atoms with van der Waals surface area (Å²) in [6, 6.07) is 0. The van der Waals surface area contributed by atoms with Crippen LogP contribution in [0.5, 0.6) is 0 Å². The third-order valence-corrected chi connectivity index (χ3v) is 4.42. The molecule has 3 N–H and O–H groups in total. The first-order valence-corrected chi connectivity index (χ1v) is 4.62. The first kappa shape index (κ1) is 7.07. The van der Waals surface area contributed by atoms with Gasteiger partial charge < -0.3 is 11.1 Å². The van der Waals surface area contributed by atoms with Crippen molar-refractivity contribution in [3.63, 3.8) is 0 Å². The number of nitrogens with one attached hydrogen (secondary N) is 1. The van der Waals surface area contributed by atoms with Gasteiger partial charge in [-0.2, -0.15) is 0 Å². The van der Waals surface area contributed by atoms with Crippen molar-refractivity contribution in [3.05, 3.63) is 0 Å². The molecule has 2 rings (SSSR count). The van der Waals surface area contributed by atoms with Crippen molar-refractivity contribution < 1.29 is 0 Å². The van der Waals surface area contributed by atoms with Gasteiger partial charge in [0.15, 0.2) is 0 Å². The Bertz CT molecular complexity index is 158. The highest BCUT2D eigenvalue weighted by atomic mass is 79.9. The highest BCUT2D eigenvalue weighted by Gasteiger charge is 2.65. The largest absolute Gasteiger partial charge is 0.330 e. The SMILES string of the molecule is NC[C@@]12CCNC[C@]1(Br)C2. The minimum Gasteiger partial charge on any atom is -0.330 e. The van der Waals surface area contributed by atoms with Gasteiger partial charge in [0, 0.05) is 16.3 Å². The number of halogens is 1.